The minimum Gasteiger partial charge on any atom is -0.308 e. The zero-order valence-corrected chi connectivity index (χ0v) is 27.2. The number of benzene rings is 8. The molecule has 2 nitrogen and oxygen atoms in total. The van der Waals surface area contributed by atoms with Gasteiger partial charge in [-0.25, -0.2) is 0 Å². The Hall–Kier alpha value is -6.64. The summed E-state index contributed by atoms with van der Waals surface area (Å²) in [5.41, 5.74) is 14.6. The molecular weight excluding hydrogens is 605 g/mol. The highest BCUT2D eigenvalue weighted by molar-refractivity contribution is 6.34. The van der Waals surface area contributed by atoms with E-state index in [-0.39, 0.29) is 0 Å². The van der Waals surface area contributed by atoms with Crippen molar-refractivity contribution in [3.8, 4) is 39.1 Å². The standard InChI is InChI=1S/C48H30N2/c1-3-14-31(15-4-1)35-20-7-8-21-36(35)33-18-13-19-34(30-33)49-44-29-28-41-39-23-10-12-25-43(39)50-42-24-11-9-22-38(42)40-27-26-37(32-16-5-2-6-17-32)47(49)45(40)46(44)48(41)50/h1-30H. The lowest BCUT2D eigenvalue weighted by molar-refractivity contribution is 1.18. The van der Waals surface area contributed by atoms with Crippen molar-refractivity contribution in [3.05, 3.63) is 182 Å². The van der Waals surface area contributed by atoms with Crippen LogP contribution in [0.5, 0.6) is 0 Å². The summed E-state index contributed by atoms with van der Waals surface area (Å²) in [4.78, 5) is 0. The molecule has 2 heteroatoms. The van der Waals surface area contributed by atoms with E-state index in [4.69, 9.17) is 0 Å². The summed E-state index contributed by atoms with van der Waals surface area (Å²) >= 11 is 0. The molecule has 11 rings (SSSR count). The van der Waals surface area contributed by atoms with Crippen LogP contribution in [-0.2, 0) is 0 Å². The maximum Gasteiger partial charge on any atom is 0.0641 e. The highest BCUT2D eigenvalue weighted by atomic mass is 15.0. The van der Waals surface area contributed by atoms with Crippen LogP contribution >= 0.6 is 0 Å². The third-order valence-corrected chi connectivity index (χ3v) is 10.7. The van der Waals surface area contributed by atoms with E-state index in [0.29, 0.717) is 0 Å². The van der Waals surface area contributed by atoms with Crippen molar-refractivity contribution >= 4 is 59.9 Å². The normalized spacial score (nSPS) is 12.0. The first kappa shape index (κ1) is 27.3. The fourth-order valence-corrected chi connectivity index (χ4v) is 8.58. The Kier molecular flexibility index (Phi) is 5.70. The van der Waals surface area contributed by atoms with Crippen molar-refractivity contribution in [2.45, 2.75) is 0 Å². The third-order valence-electron chi connectivity index (χ3n) is 10.7. The molecule has 0 fully saturated rings. The van der Waals surface area contributed by atoms with E-state index < -0.39 is 0 Å². The van der Waals surface area contributed by atoms with Crippen LogP contribution in [0.2, 0.25) is 0 Å². The summed E-state index contributed by atoms with van der Waals surface area (Å²) in [6, 6.07) is 66.6. The maximum atomic E-state index is 2.53. The van der Waals surface area contributed by atoms with Crippen LogP contribution in [0.25, 0.3) is 99.0 Å². The van der Waals surface area contributed by atoms with E-state index in [0.717, 1.165) is 5.69 Å². The SMILES string of the molecule is c1ccc(-c2ccccc2-c2cccc(-n3c4ccc5c6ccccc6n6c7ccccc7c7ccc(-c8ccccc8)c3c7c4c56)c2)cc1. The van der Waals surface area contributed by atoms with Gasteiger partial charge in [-0.2, -0.15) is 0 Å². The molecule has 0 bridgehead atoms. The summed E-state index contributed by atoms with van der Waals surface area (Å²) in [5, 5.41) is 7.68. The molecule has 0 spiro atoms. The quantitative estimate of drug-likeness (QED) is 0.182. The fourth-order valence-electron chi connectivity index (χ4n) is 8.58. The summed E-state index contributed by atoms with van der Waals surface area (Å²) < 4.78 is 5.04. The van der Waals surface area contributed by atoms with Gasteiger partial charge in [-0.1, -0.05) is 152 Å². The highest BCUT2D eigenvalue weighted by Gasteiger charge is 2.25. The summed E-state index contributed by atoms with van der Waals surface area (Å²) in [6.45, 7) is 0. The van der Waals surface area contributed by atoms with E-state index in [2.05, 4.69) is 191 Å². The molecule has 11 aromatic rings. The lowest BCUT2D eigenvalue weighted by atomic mass is 9.94. The highest BCUT2D eigenvalue weighted by Crippen LogP contribution is 2.48. The predicted molar refractivity (Wildman–Crippen MR) is 212 cm³/mol. The number of fused-ring (bicyclic) bond motifs is 6. The smallest absolute Gasteiger partial charge is 0.0641 e. The van der Waals surface area contributed by atoms with Gasteiger partial charge in [0.2, 0.25) is 0 Å². The van der Waals surface area contributed by atoms with Crippen molar-refractivity contribution in [1.82, 2.24) is 8.97 Å². The molecule has 3 heterocycles. The van der Waals surface area contributed by atoms with Gasteiger partial charge < -0.3 is 8.97 Å². The van der Waals surface area contributed by atoms with Gasteiger partial charge in [0.25, 0.3) is 0 Å². The van der Waals surface area contributed by atoms with Crippen LogP contribution in [0, 0.1) is 0 Å². The topological polar surface area (TPSA) is 9.34 Å². The molecule has 0 unspecified atom stereocenters. The molecule has 0 saturated carbocycles. The van der Waals surface area contributed by atoms with Gasteiger partial charge in [0.15, 0.2) is 0 Å². The van der Waals surface area contributed by atoms with Gasteiger partial charge in [-0.05, 0) is 63.5 Å². The molecule has 50 heavy (non-hydrogen) atoms. The van der Waals surface area contributed by atoms with E-state index in [9.17, 15) is 0 Å². The fraction of sp³-hybridized carbons (Fsp3) is 0. The Balaban J connectivity index is 1.33. The second-order valence-electron chi connectivity index (χ2n) is 13.3. The van der Waals surface area contributed by atoms with Gasteiger partial charge in [0, 0.05) is 38.2 Å². The number of para-hydroxylation sites is 2. The average molecular weight is 635 g/mol. The van der Waals surface area contributed by atoms with E-state index in [1.54, 1.807) is 0 Å². The molecule has 0 N–H and O–H groups in total. The first-order valence-corrected chi connectivity index (χ1v) is 17.3. The second kappa shape index (κ2) is 10.4. The minimum atomic E-state index is 1.15. The van der Waals surface area contributed by atoms with Crippen LogP contribution in [0.3, 0.4) is 0 Å². The van der Waals surface area contributed by atoms with Crippen LogP contribution in [0.4, 0.5) is 0 Å². The minimum absolute atomic E-state index is 1.15. The molecule has 3 aromatic heterocycles. The van der Waals surface area contributed by atoms with Crippen LogP contribution in [0.15, 0.2) is 182 Å². The zero-order chi connectivity index (χ0) is 32.8. The van der Waals surface area contributed by atoms with Gasteiger partial charge in [0.1, 0.15) is 0 Å². The largest absolute Gasteiger partial charge is 0.308 e. The summed E-state index contributed by atoms with van der Waals surface area (Å²) in [7, 11) is 0. The molecule has 0 aliphatic rings. The Morgan fingerprint density at radius 3 is 1.58 bits per heavy atom. The zero-order valence-electron chi connectivity index (χ0n) is 27.2. The molecule has 0 aliphatic heterocycles. The van der Waals surface area contributed by atoms with Crippen molar-refractivity contribution in [3.63, 3.8) is 0 Å². The van der Waals surface area contributed by atoms with E-state index in [1.165, 1.54) is 93.3 Å². The Bertz CT molecular complexity index is 3070. The van der Waals surface area contributed by atoms with Crippen LogP contribution < -0.4 is 0 Å². The van der Waals surface area contributed by atoms with Gasteiger partial charge in [-0.15, -0.1) is 0 Å². The van der Waals surface area contributed by atoms with Gasteiger partial charge >= 0.3 is 0 Å². The number of nitrogens with zero attached hydrogens (tertiary/aromatic N) is 2. The van der Waals surface area contributed by atoms with Crippen molar-refractivity contribution < 1.29 is 0 Å². The molecule has 0 amide bonds. The molecular formula is C48H30N2. The number of hydrogen-bond donors (Lipinski definition) is 0. The number of rotatable bonds is 4. The Labute approximate surface area is 289 Å². The number of hydrogen-bond acceptors (Lipinski definition) is 0. The molecule has 0 radical (unpaired) electrons. The average Bonchev–Trinajstić information content (AvgIpc) is 3.67. The van der Waals surface area contributed by atoms with Crippen molar-refractivity contribution in [2.24, 2.45) is 0 Å². The predicted octanol–water partition coefficient (Wildman–Crippen LogP) is 12.9. The molecule has 0 atom stereocenters. The van der Waals surface area contributed by atoms with E-state index in [1.807, 2.05) is 0 Å². The Morgan fingerprint density at radius 2 is 0.860 bits per heavy atom. The first-order valence-electron chi connectivity index (χ1n) is 17.3. The molecule has 0 saturated heterocycles. The first-order chi connectivity index (χ1) is 24.8. The van der Waals surface area contributed by atoms with E-state index >= 15 is 0 Å². The van der Waals surface area contributed by atoms with Gasteiger partial charge in [0.05, 0.1) is 27.6 Å². The summed E-state index contributed by atoms with van der Waals surface area (Å²) in [5.74, 6) is 0. The second-order valence-corrected chi connectivity index (χ2v) is 13.3. The van der Waals surface area contributed by atoms with Crippen molar-refractivity contribution in [2.75, 3.05) is 0 Å². The lowest BCUT2D eigenvalue weighted by Gasteiger charge is -2.15. The summed E-state index contributed by atoms with van der Waals surface area (Å²) in [6.07, 6.45) is 0. The monoisotopic (exact) mass is 634 g/mol. The van der Waals surface area contributed by atoms with Gasteiger partial charge in [-0.3, -0.25) is 0 Å². The lowest BCUT2D eigenvalue weighted by Crippen LogP contribution is -1.97. The van der Waals surface area contributed by atoms with Crippen molar-refractivity contribution in [1.29, 1.82) is 0 Å². The Morgan fingerprint density at radius 1 is 0.300 bits per heavy atom. The van der Waals surface area contributed by atoms with Crippen LogP contribution in [0.1, 0.15) is 0 Å². The van der Waals surface area contributed by atoms with Crippen LogP contribution in [-0.4, -0.2) is 8.97 Å². The maximum absolute atomic E-state index is 2.53. The molecule has 232 valence electrons. The number of aromatic nitrogens is 2. The molecule has 8 aromatic carbocycles. The third kappa shape index (κ3) is 3.73. The molecule has 0 aliphatic carbocycles.